The fraction of sp³-hybridized carbons (Fsp3) is 0.188. The molecule has 1 aliphatic rings. The van der Waals surface area contributed by atoms with Gasteiger partial charge in [0.1, 0.15) is 5.82 Å². The van der Waals surface area contributed by atoms with Crippen LogP contribution >= 0.6 is 0 Å². The van der Waals surface area contributed by atoms with Gasteiger partial charge in [0.05, 0.1) is 36.1 Å². The van der Waals surface area contributed by atoms with Crippen LogP contribution in [0.3, 0.4) is 0 Å². The Morgan fingerprint density at radius 1 is 0.780 bits per heavy atom. The number of rotatable bonds is 6. The Hall–Kier alpha value is -5.02. The highest BCUT2D eigenvalue weighted by atomic mass is 16.5. The van der Waals surface area contributed by atoms with Crippen LogP contribution < -0.4 is 15.5 Å². The van der Waals surface area contributed by atoms with Crippen LogP contribution in [0.4, 0.5) is 28.4 Å². The summed E-state index contributed by atoms with van der Waals surface area (Å²) < 4.78 is 5.54. The van der Waals surface area contributed by atoms with Crippen molar-refractivity contribution in [2.24, 2.45) is 0 Å². The second kappa shape index (κ2) is 10.5. The molecule has 7 rings (SSSR count). The van der Waals surface area contributed by atoms with Crippen molar-refractivity contribution in [3.8, 4) is 11.4 Å². The number of imidazole rings is 1. The van der Waals surface area contributed by atoms with Gasteiger partial charge in [-0.25, -0.2) is 9.97 Å². The fourth-order valence-electron chi connectivity index (χ4n) is 5.23. The number of nitrogens with one attached hydrogen (secondary N) is 3. The molecule has 0 unspecified atom stereocenters. The number of fused-ring (bicyclic) bond motifs is 2. The molecule has 204 valence electrons. The predicted molar refractivity (Wildman–Crippen MR) is 164 cm³/mol. The average molecular weight is 543 g/mol. The van der Waals surface area contributed by atoms with E-state index in [1.165, 1.54) is 5.69 Å². The molecular formula is C32H30N8O. The van der Waals surface area contributed by atoms with E-state index in [1.54, 1.807) is 12.4 Å². The highest BCUT2D eigenvalue weighted by molar-refractivity contribution is 5.95. The molecule has 9 heteroatoms. The van der Waals surface area contributed by atoms with Gasteiger partial charge in [0, 0.05) is 64.4 Å². The molecule has 1 aliphatic heterocycles. The Kier molecular flexibility index (Phi) is 6.41. The molecule has 1 fully saturated rings. The molecule has 0 atom stereocenters. The third-order valence-corrected chi connectivity index (χ3v) is 7.26. The van der Waals surface area contributed by atoms with Crippen molar-refractivity contribution in [1.29, 1.82) is 0 Å². The van der Waals surface area contributed by atoms with Crippen LogP contribution in [0.15, 0.2) is 79.1 Å². The molecule has 41 heavy (non-hydrogen) atoms. The molecular weight excluding hydrogens is 512 g/mol. The fourth-order valence-corrected chi connectivity index (χ4v) is 5.23. The second-order valence-electron chi connectivity index (χ2n) is 10.3. The van der Waals surface area contributed by atoms with E-state index in [-0.39, 0.29) is 0 Å². The molecule has 0 aliphatic carbocycles. The van der Waals surface area contributed by atoms with E-state index < -0.39 is 0 Å². The van der Waals surface area contributed by atoms with E-state index in [2.05, 4.69) is 79.0 Å². The topological polar surface area (TPSA) is 104 Å². The molecule has 0 spiro atoms. The largest absolute Gasteiger partial charge is 0.378 e. The predicted octanol–water partition coefficient (Wildman–Crippen LogP) is 6.51. The number of aromatic nitrogens is 5. The van der Waals surface area contributed by atoms with Crippen LogP contribution in [0.25, 0.3) is 33.5 Å². The number of aryl methyl sites for hydroxylation is 2. The van der Waals surface area contributed by atoms with E-state index in [9.17, 15) is 0 Å². The van der Waals surface area contributed by atoms with Gasteiger partial charge >= 0.3 is 0 Å². The lowest BCUT2D eigenvalue weighted by atomic mass is 10.1. The van der Waals surface area contributed by atoms with Gasteiger partial charge in [0.25, 0.3) is 0 Å². The maximum Gasteiger partial charge on any atom is 0.178 e. The SMILES string of the molecule is Cc1cc(Nc2cnc3nc(-c4ccc(Nc5cc(C)nc6ccc(N7CCOCC7)cc56)cc4)[nH]c3c2)ccn1. The summed E-state index contributed by atoms with van der Waals surface area (Å²) in [5.41, 5.74) is 10.5. The van der Waals surface area contributed by atoms with E-state index in [0.717, 1.165) is 88.2 Å². The summed E-state index contributed by atoms with van der Waals surface area (Å²) in [6, 6.07) is 22.8. The standard InChI is InChI=1S/C32H30N8O/c1-20-15-24(9-10-33-20)36-25-17-30-32(34-19-25)39-31(38-30)22-3-5-23(6-4-22)37-29-16-21(2)35-28-8-7-26(18-27(28)29)40-11-13-41-14-12-40/h3-10,15-19H,11-14H2,1-2H3,(H,33,36)(H,35,37)(H,34,38,39). The number of nitrogens with zero attached hydrogens (tertiary/aromatic N) is 5. The lowest BCUT2D eigenvalue weighted by Gasteiger charge is -2.29. The molecule has 0 saturated carbocycles. The zero-order chi connectivity index (χ0) is 27.8. The Labute approximate surface area is 237 Å². The molecule has 9 nitrogen and oxygen atoms in total. The summed E-state index contributed by atoms with van der Waals surface area (Å²) in [6.07, 6.45) is 3.58. The minimum Gasteiger partial charge on any atom is -0.378 e. The summed E-state index contributed by atoms with van der Waals surface area (Å²) in [5, 5.41) is 8.10. The zero-order valence-electron chi connectivity index (χ0n) is 23.0. The second-order valence-corrected chi connectivity index (χ2v) is 10.3. The van der Waals surface area contributed by atoms with Crippen LogP contribution in [-0.4, -0.2) is 51.2 Å². The minimum atomic E-state index is 0.675. The number of morpholine rings is 1. The smallest absolute Gasteiger partial charge is 0.178 e. The maximum absolute atomic E-state index is 5.54. The van der Waals surface area contributed by atoms with Crippen molar-refractivity contribution >= 4 is 50.5 Å². The first-order chi connectivity index (χ1) is 20.1. The molecule has 0 bridgehead atoms. The summed E-state index contributed by atoms with van der Waals surface area (Å²) >= 11 is 0. The summed E-state index contributed by atoms with van der Waals surface area (Å²) in [5.74, 6) is 0.774. The highest BCUT2D eigenvalue weighted by Crippen LogP contribution is 2.31. The molecule has 2 aromatic carbocycles. The third kappa shape index (κ3) is 5.27. The van der Waals surface area contributed by atoms with Crippen molar-refractivity contribution in [1.82, 2.24) is 24.9 Å². The van der Waals surface area contributed by atoms with Crippen molar-refractivity contribution in [3.63, 3.8) is 0 Å². The van der Waals surface area contributed by atoms with Gasteiger partial charge in [-0.05, 0) is 80.6 Å². The first kappa shape index (κ1) is 25.0. The van der Waals surface area contributed by atoms with Crippen molar-refractivity contribution in [3.05, 3.63) is 90.5 Å². The van der Waals surface area contributed by atoms with Crippen LogP contribution in [0.2, 0.25) is 0 Å². The Balaban J connectivity index is 1.13. The molecule has 6 aromatic rings. The van der Waals surface area contributed by atoms with Crippen molar-refractivity contribution < 1.29 is 4.74 Å². The third-order valence-electron chi connectivity index (χ3n) is 7.26. The molecule has 5 heterocycles. The lowest BCUT2D eigenvalue weighted by Crippen LogP contribution is -2.36. The molecule has 0 amide bonds. The van der Waals surface area contributed by atoms with E-state index in [0.29, 0.717) is 5.65 Å². The van der Waals surface area contributed by atoms with Gasteiger partial charge < -0.3 is 25.3 Å². The normalized spacial score (nSPS) is 13.6. The average Bonchev–Trinajstić information content (AvgIpc) is 3.41. The maximum atomic E-state index is 5.54. The lowest BCUT2D eigenvalue weighted by molar-refractivity contribution is 0.122. The summed E-state index contributed by atoms with van der Waals surface area (Å²) in [6.45, 7) is 7.30. The first-order valence-electron chi connectivity index (χ1n) is 13.7. The number of pyridine rings is 3. The minimum absolute atomic E-state index is 0.675. The number of hydrogen-bond donors (Lipinski definition) is 3. The monoisotopic (exact) mass is 542 g/mol. The van der Waals surface area contributed by atoms with Gasteiger partial charge in [0.2, 0.25) is 0 Å². The molecule has 0 radical (unpaired) electrons. The first-order valence-corrected chi connectivity index (χ1v) is 13.7. The van der Waals surface area contributed by atoms with Gasteiger partial charge in [-0.15, -0.1) is 0 Å². The Morgan fingerprint density at radius 2 is 1.63 bits per heavy atom. The summed E-state index contributed by atoms with van der Waals surface area (Å²) in [7, 11) is 0. The van der Waals surface area contributed by atoms with Crippen LogP contribution in [0.5, 0.6) is 0 Å². The number of benzene rings is 2. The number of anilines is 5. The van der Waals surface area contributed by atoms with Gasteiger partial charge in [-0.1, -0.05) is 0 Å². The Bertz CT molecular complexity index is 1860. The zero-order valence-corrected chi connectivity index (χ0v) is 23.0. The van der Waals surface area contributed by atoms with E-state index >= 15 is 0 Å². The van der Waals surface area contributed by atoms with E-state index in [1.807, 2.05) is 32.0 Å². The molecule has 3 N–H and O–H groups in total. The van der Waals surface area contributed by atoms with Gasteiger partial charge in [0.15, 0.2) is 5.65 Å². The number of aromatic amines is 1. The van der Waals surface area contributed by atoms with Gasteiger partial charge in [-0.3, -0.25) is 9.97 Å². The Morgan fingerprint density at radius 3 is 2.46 bits per heavy atom. The quantitative estimate of drug-likeness (QED) is 0.219. The van der Waals surface area contributed by atoms with Crippen molar-refractivity contribution in [2.75, 3.05) is 41.8 Å². The highest BCUT2D eigenvalue weighted by Gasteiger charge is 2.14. The van der Waals surface area contributed by atoms with Crippen LogP contribution in [0, 0.1) is 13.8 Å². The summed E-state index contributed by atoms with van der Waals surface area (Å²) in [4.78, 5) is 24.1. The van der Waals surface area contributed by atoms with Crippen LogP contribution in [0.1, 0.15) is 11.4 Å². The van der Waals surface area contributed by atoms with E-state index in [4.69, 9.17) is 14.7 Å². The number of hydrogen-bond acceptors (Lipinski definition) is 8. The molecule has 1 saturated heterocycles. The van der Waals surface area contributed by atoms with Crippen LogP contribution in [-0.2, 0) is 4.74 Å². The number of H-pyrrole nitrogens is 1. The molecule has 4 aromatic heterocycles. The van der Waals surface area contributed by atoms with Gasteiger partial charge in [-0.2, -0.15) is 0 Å². The van der Waals surface area contributed by atoms with Crippen molar-refractivity contribution in [2.45, 2.75) is 13.8 Å². The number of ether oxygens (including phenoxy) is 1.